The van der Waals surface area contributed by atoms with Crippen LogP contribution in [0, 0.1) is 12.8 Å². The highest BCUT2D eigenvalue weighted by Crippen LogP contribution is 2.24. The molecule has 1 aromatic heterocycles. The van der Waals surface area contributed by atoms with E-state index in [2.05, 4.69) is 29.0 Å². The molecule has 104 valence electrons. The van der Waals surface area contributed by atoms with E-state index in [4.69, 9.17) is 4.98 Å². The summed E-state index contributed by atoms with van der Waals surface area (Å²) in [4.78, 5) is 11.6. The third-order valence-corrected chi connectivity index (χ3v) is 4.37. The predicted molar refractivity (Wildman–Crippen MR) is 77.2 cm³/mol. The van der Waals surface area contributed by atoms with Gasteiger partial charge in [0.2, 0.25) is 5.95 Å². The molecule has 4 heteroatoms. The van der Waals surface area contributed by atoms with Crippen molar-refractivity contribution in [2.24, 2.45) is 5.92 Å². The molecule has 2 aliphatic rings. The summed E-state index contributed by atoms with van der Waals surface area (Å²) in [6, 6.07) is 0.739. The lowest BCUT2D eigenvalue weighted by molar-refractivity contribution is 0.568. The van der Waals surface area contributed by atoms with Crippen molar-refractivity contribution in [1.29, 1.82) is 0 Å². The third kappa shape index (κ3) is 3.06. The lowest BCUT2D eigenvalue weighted by Gasteiger charge is -2.17. The van der Waals surface area contributed by atoms with Crippen molar-refractivity contribution < 1.29 is 0 Å². The zero-order chi connectivity index (χ0) is 13.2. The lowest BCUT2D eigenvalue weighted by Crippen LogP contribution is -2.23. The van der Waals surface area contributed by atoms with E-state index in [0.29, 0.717) is 0 Å². The van der Waals surface area contributed by atoms with Crippen LogP contribution in [0.2, 0.25) is 0 Å². The molecule has 1 unspecified atom stereocenters. The van der Waals surface area contributed by atoms with Gasteiger partial charge in [0.15, 0.2) is 0 Å². The maximum absolute atomic E-state index is 4.70. The molecule has 0 aromatic carbocycles. The first kappa shape index (κ1) is 12.9. The van der Waals surface area contributed by atoms with E-state index < -0.39 is 0 Å². The molecule has 1 aliphatic heterocycles. The van der Waals surface area contributed by atoms with E-state index in [1.807, 2.05) is 6.20 Å². The molecule has 2 heterocycles. The molecule has 0 spiro atoms. The van der Waals surface area contributed by atoms with Crippen LogP contribution in [-0.4, -0.2) is 29.1 Å². The van der Waals surface area contributed by atoms with Gasteiger partial charge in [0.1, 0.15) is 0 Å². The van der Waals surface area contributed by atoms with Crippen LogP contribution in [0.25, 0.3) is 0 Å². The molecule has 0 bridgehead atoms. The maximum Gasteiger partial charge on any atom is 0.225 e. The summed E-state index contributed by atoms with van der Waals surface area (Å²) in [6.07, 6.45) is 7.20. The van der Waals surface area contributed by atoms with E-state index in [0.717, 1.165) is 43.2 Å². The van der Waals surface area contributed by atoms with E-state index in [1.165, 1.54) is 31.2 Å². The molecule has 1 atom stereocenters. The Morgan fingerprint density at radius 2 is 2.21 bits per heavy atom. The first-order chi connectivity index (χ1) is 9.26. The quantitative estimate of drug-likeness (QED) is 0.882. The lowest BCUT2D eigenvalue weighted by atomic mass is 10.1. The van der Waals surface area contributed by atoms with Gasteiger partial charge in [0.25, 0.3) is 0 Å². The number of aromatic nitrogens is 2. The van der Waals surface area contributed by atoms with Crippen molar-refractivity contribution in [3.05, 3.63) is 17.5 Å². The largest absolute Gasteiger partial charge is 0.341 e. The van der Waals surface area contributed by atoms with Gasteiger partial charge in [-0.05, 0) is 32.1 Å². The summed E-state index contributed by atoms with van der Waals surface area (Å²) in [5.41, 5.74) is 2.36. The minimum atomic E-state index is 0.739. The number of nitrogens with zero attached hydrogens (tertiary/aromatic N) is 3. The van der Waals surface area contributed by atoms with E-state index in [-0.39, 0.29) is 0 Å². The summed E-state index contributed by atoms with van der Waals surface area (Å²) in [5, 5.41) is 3.53. The second kappa shape index (κ2) is 5.45. The van der Waals surface area contributed by atoms with Crippen molar-refractivity contribution in [1.82, 2.24) is 15.3 Å². The Labute approximate surface area is 115 Å². The van der Waals surface area contributed by atoms with Crippen molar-refractivity contribution in [2.45, 2.75) is 52.1 Å². The molecule has 1 N–H and O–H groups in total. The van der Waals surface area contributed by atoms with Gasteiger partial charge < -0.3 is 10.2 Å². The molecular weight excluding hydrogens is 236 g/mol. The Kier molecular flexibility index (Phi) is 3.69. The Morgan fingerprint density at radius 1 is 1.37 bits per heavy atom. The Morgan fingerprint density at radius 3 is 2.84 bits per heavy atom. The van der Waals surface area contributed by atoms with Crippen LogP contribution in [-0.2, 0) is 6.54 Å². The SMILES string of the molecule is CCC1CCN(c2ncc(CNC3CC3)c(C)n2)C1. The van der Waals surface area contributed by atoms with Crippen molar-refractivity contribution in [2.75, 3.05) is 18.0 Å². The second-order valence-corrected chi connectivity index (χ2v) is 5.94. The Balaban J connectivity index is 1.64. The molecule has 2 fully saturated rings. The van der Waals surface area contributed by atoms with E-state index in [9.17, 15) is 0 Å². The summed E-state index contributed by atoms with van der Waals surface area (Å²) >= 11 is 0. The number of anilines is 1. The fourth-order valence-corrected chi connectivity index (χ4v) is 2.69. The van der Waals surface area contributed by atoms with Gasteiger partial charge >= 0.3 is 0 Å². The minimum absolute atomic E-state index is 0.739. The van der Waals surface area contributed by atoms with Gasteiger partial charge in [-0.1, -0.05) is 13.3 Å². The average molecular weight is 260 g/mol. The topological polar surface area (TPSA) is 41.1 Å². The first-order valence-corrected chi connectivity index (χ1v) is 7.57. The highest BCUT2D eigenvalue weighted by Gasteiger charge is 2.24. The number of hydrogen-bond donors (Lipinski definition) is 1. The molecular formula is C15H24N4. The van der Waals surface area contributed by atoms with Crippen LogP contribution in [0.15, 0.2) is 6.20 Å². The fraction of sp³-hybridized carbons (Fsp3) is 0.733. The molecule has 4 nitrogen and oxygen atoms in total. The van der Waals surface area contributed by atoms with E-state index in [1.54, 1.807) is 0 Å². The van der Waals surface area contributed by atoms with Crippen LogP contribution in [0.3, 0.4) is 0 Å². The van der Waals surface area contributed by atoms with Crippen LogP contribution in [0.1, 0.15) is 43.9 Å². The fourth-order valence-electron chi connectivity index (χ4n) is 2.69. The first-order valence-electron chi connectivity index (χ1n) is 7.57. The smallest absolute Gasteiger partial charge is 0.225 e. The van der Waals surface area contributed by atoms with Gasteiger partial charge in [-0.3, -0.25) is 0 Å². The standard InChI is InChI=1S/C15H24N4/c1-3-12-6-7-19(10-12)15-17-9-13(11(2)18-15)8-16-14-4-5-14/h9,12,14,16H,3-8,10H2,1-2H3. The Hall–Kier alpha value is -1.16. The molecule has 1 saturated carbocycles. The minimum Gasteiger partial charge on any atom is -0.341 e. The zero-order valence-corrected chi connectivity index (χ0v) is 12.0. The zero-order valence-electron chi connectivity index (χ0n) is 12.0. The monoisotopic (exact) mass is 260 g/mol. The van der Waals surface area contributed by atoms with E-state index >= 15 is 0 Å². The average Bonchev–Trinajstić information content (AvgIpc) is 3.12. The van der Waals surface area contributed by atoms with Gasteiger partial charge in [0, 0.05) is 43.1 Å². The highest BCUT2D eigenvalue weighted by molar-refractivity contribution is 5.34. The normalized spacial score (nSPS) is 23.1. The molecule has 1 aliphatic carbocycles. The van der Waals surface area contributed by atoms with Gasteiger partial charge in [-0.15, -0.1) is 0 Å². The molecule has 0 amide bonds. The summed E-state index contributed by atoms with van der Waals surface area (Å²) in [5.74, 6) is 1.74. The second-order valence-electron chi connectivity index (χ2n) is 5.94. The molecule has 1 aromatic rings. The van der Waals surface area contributed by atoms with Gasteiger partial charge in [0.05, 0.1) is 0 Å². The molecule has 3 rings (SSSR count). The van der Waals surface area contributed by atoms with Crippen LogP contribution in [0.4, 0.5) is 5.95 Å². The summed E-state index contributed by atoms with van der Waals surface area (Å²) in [7, 11) is 0. The van der Waals surface area contributed by atoms with Gasteiger partial charge in [-0.25, -0.2) is 9.97 Å². The molecule has 1 saturated heterocycles. The number of nitrogens with one attached hydrogen (secondary N) is 1. The van der Waals surface area contributed by atoms with Crippen molar-refractivity contribution >= 4 is 5.95 Å². The number of aryl methyl sites for hydroxylation is 1. The number of hydrogen-bond acceptors (Lipinski definition) is 4. The third-order valence-electron chi connectivity index (χ3n) is 4.37. The molecule has 0 radical (unpaired) electrons. The Bertz CT molecular complexity index is 442. The van der Waals surface area contributed by atoms with Crippen LogP contribution >= 0.6 is 0 Å². The van der Waals surface area contributed by atoms with Crippen LogP contribution < -0.4 is 10.2 Å². The number of rotatable bonds is 5. The maximum atomic E-state index is 4.70. The van der Waals surface area contributed by atoms with Gasteiger partial charge in [-0.2, -0.15) is 0 Å². The van der Waals surface area contributed by atoms with Crippen molar-refractivity contribution in [3.63, 3.8) is 0 Å². The summed E-state index contributed by atoms with van der Waals surface area (Å²) < 4.78 is 0. The molecule has 19 heavy (non-hydrogen) atoms. The predicted octanol–water partition coefficient (Wildman–Crippen LogP) is 2.27. The van der Waals surface area contributed by atoms with Crippen LogP contribution in [0.5, 0.6) is 0 Å². The van der Waals surface area contributed by atoms with Crippen molar-refractivity contribution in [3.8, 4) is 0 Å². The highest BCUT2D eigenvalue weighted by atomic mass is 15.3. The summed E-state index contributed by atoms with van der Waals surface area (Å²) in [6.45, 7) is 7.51.